The standard InChI is InChI=1S/C16H21N3O4/c1-17-15(20)5-11-4-10-7-19(8-14(10)22-11)16(21)12-6-13(23-18-12)9-2-3-9/h6,9-11,14H,2-5,7-8H2,1H3,(H,17,20)/t10-,11+,14+/m0/s1. The molecule has 2 saturated heterocycles. The van der Waals surface area contributed by atoms with Gasteiger partial charge in [0.2, 0.25) is 5.91 Å². The third-order valence-corrected chi connectivity index (χ3v) is 5.02. The molecule has 2 aliphatic heterocycles. The van der Waals surface area contributed by atoms with Gasteiger partial charge in [-0.3, -0.25) is 9.59 Å². The van der Waals surface area contributed by atoms with E-state index < -0.39 is 0 Å². The zero-order valence-corrected chi connectivity index (χ0v) is 13.2. The number of hydrogen-bond donors (Lipinski definition) is 1. The van der Waals surface area contributed by atoms with Crippen LogP contribution in [0.15, 0.2) is 10.6 Å². The van der Waals surface area contributed by atoms with Crippen molar-refractivity contribution in [3.05, 3.63) is 17.5 Å². The summed E-state index contributed by atoms with van der Waals surface area (Å²) in [5.41, 5.74) is 0.397. The van der Waals surface area contributed by atoms with Crippen LogP contribution < -0.4 is 5.32 Å². The molecule has 1 aliphatic carbocycles. The highest BCUT2D eigenvalue weighted by Gasteiger charge is 2.44. The molecule has 0 spiro atoms. The van der Waals surface area contributed by atoms with Crippen molar-refractivity contribution in [2.45, 2.75) is 43.8 Å². The van der Waals surface area contributed by atoms with E-state index >= 15 is 0 Å². The van der Waals surface area contributed by atoms with Crippen molar-refractivity contribution < 1.29 is 18.8 Å². The van der Waals surface area contributed by atoms with Crippen LogP contribution in [0.3, 0.4) is 0 Å². The highest BCUT2D eigenvalue weighted by atomic mass is 16.5. The van der Waals surface area contributed by atoms with Gasteiger partial charge in [-0.2, -0.15) is 0 Å². The molecule has 7 heteroatoms. The maximum atomic E-state index is 12.5. The number of rotatable bonds is 4. The Hall–Kier alpha value is -1.89. The molecule has 1 saturated carbocycles. The number of fused-ring (bicyclic) bond motifs is 1. The van der Waals surface area contributed by atoms with Gasteiger partial charge in [-0.05, 0) is 19.3 Å². The number of aromatic nitrogens is 1. The van der Waals surface area contributed by atoms with Crippen molar-refractivity contribution in [1.29, 1.82) is 0 Å². The van der Waals surface area contributed by atoms with E-state index in [0.29, 0.717) is 37.0 Å². The SMILES string of the molecule is CNC(=O)C[C@H]1C[C@H]2CN(C(=O)c3cc(C4CC4)on3)C[C@H]2O1. The zero-order valence-electron chi connectivity index (χ0n) is 13.2. The van der Waals surface area contributed by atoms with Gasteiger partial charge >= 0.3 is 0 Å². The lowest BCUT2D eigenvalue weighted by Gasteiger charge is -2.18. The van der Waals surface area contributed by atoms with Crippen LogP contribution in [0, 0.1) is 5.92 Å². The Morgan fingerprint density at radius 3 is 2.91 bits per heavy atom. The summed E-state index contributed by atoms with van der Waals surface area (Å²) < 4.78 is 11.2. The molecule has 3 fully saturated rings. The molecule has 0 unspecified atom stereocenters. The van der Waals surface area contributed by atoms with E-state index in [4.69, 9.17) is 9.26 Å². The Balaban J connectivity index is 1.34. The van der Waals surface area contributed by atoms with Gasteiger partial charge in [0, 0.05) is 38.0 Å². The fraction of sp³-hybridized carbons (Fsp3) is 0.688. The van der Waals surface area contributed by atoms with Crippen molar-refractivity contribution in [3.63, 3.8) is 0 Å². The zero-order chi connectivity index (χ0) is 16.0. The molecule has 2 amide bonds. The number of likely N-dealkylation sites (tertiary alicyclic amines) is 1. The summed E-state index contributed by atoms with van der Waals surface area (Å²) in [5, 5.41) is 6.54. The molecule has 3 aliphatic rings. The molecule has 1 aromatic rings. The number of nitrogens with zero attached hydrogens (tertiary/aromatic N) is 2. The highest BCUT2D eigenvalue weighted by Crippen LogP contribution is 2.40. The molecule has 0 aromatic carbocycles. The van der Waals surface area contributed by atoms with Gasteiger partial charge in [0.15, 0.2) is 5.69 Å². The Labute approximate surface area is 134 Å². The third kappa shape index (κ3) is 2.85. The minimum atomic E-state index is -0.0819. The van der Waals surface area contributed by atoms with Crippen molar-refractivity contribution >= 4 is 11.8 Å². The van der Waals surface area contributed by atoms with Gasteiger partial charge in [0.1, 0.15) is 5.76 Å². The van der Waals surface area contributed by atoms with E-state index in [1.165, 1.54) is 0 Å². The molecule has 1 aromatic heterocycles. The summed E-state index contributed by atoms with van der Waals surface area (Å²) in [4.78, 5) is 25.7. The van der Waals surface area contributed by atoms with Crippen molar-refractivity contribution in [2.24, 2.45) is 5.92 Å². The predicted molar refractivity (Wildman–Crippen MR) is 79.8 cm³/mol. The van der Waals surface area contributed by atoms with E-state index in [0.717, 1.165) is 25.0 Å². The predicted octanol–water partition coefficient (Wildman–Crippen LogP) is 0.918. The average molecular weight is 319 g/mol. The van der Waals surface area contributed by atoms with E-state index in [9.17, 15) is 9.59 Å². The minimum absolute atomic E-state index is 0.00175. The number of carbonyl (C=O) groups excluding carboxylic acids is 2. The molecule has 3 heterocycles. The highest BCUT2D eigenvalue weighted by molar-refractivity contribution is 5.92. The lowest BCUT2D eigenvalue weighted by atomic mass is 10.0. The Morgan fingerprint density at radius 1 is 1.39 bits per heavy atom. The molecule has 0 radical (unpaired) electrons. The van der Waals surface area contributed by atoms with Crippen LogP contribution in [0.5, 0.6) is 0 Å². The Kier molecular flexibility index (Phi) is 3.60. The van der Waals surface area contributed by atoms with Crippen molar-refractivity contribution in [1.82, 2.24) is 15.4 Å². The Bertz CT molecular complexity index is 611. The molecular formula is C16H21N3O4. The van der Waals surface area contributed by atoms with Crippen LogP contribution in [-0.4, -0.2) is 54.2 Å². The first-order valence-corrected chi connectivity index (χ1v) is 8.26. The molecule has 23 heavy (non-hydrogen) atoms. The summed E-state index contributed by atoms with van der Waals surface area (Å²) in [7, 11) is 1.63. The van der Waals surface area contributed by atoms with Crippen LogP contribution in [0.1, 0.15) is 47.8 Å². The topological polar surface area (TPSA) is 84.7 Å². The summed E-state index contributed by atoms with van der Waals surface area (Å²) in [5.74, 6) is 1.51. The van der Waals surface area contributed by atoms with E-state index in [1.807, 2.05) is 0 Å². The van der Waals surface area contributed by atoms with Gasteiger partial charge in [-0.15, -0.1) is 0 Å². The molecule has 7 nitrogen and oxygen atoms in total. The second kappa shape index (κ2) is 5.63. The minimum Gasteiger partial charge on any atom is -0.372 e. The number of amides is 2. The van der Waals surface area contributed by atoms with E-state index in [2.05, 4.69) is 10.5 Å². The van der Waals surface area contributed by atoms with Crippen LogP contribution >= 0.6 is 0 Å². The van der Waals surface area contributed by atoms with Gasteiger partial charge in [0.25, 0.3) is 5.91 Å². The fourth-order valence-electron chi connectivity index (χ4n) is 3.58. The maximum absolute atomic E-state index is 12.5. The quantitative estimate of drug-likeness (QED) is 0.892. The number of carbonyl (C=O) groups is 2. The fourth-order valence-corrected chi connectivity index (χ4v) is 3.58. The van der Waals surface area contributed by atoms with Gasteiger partial charge < -0.3 is 19.5 Å². The second-order valence-corrected chi connectivity index (χ2v) is 6.77. The first-order chi connectivity index (χ1) is 11.1. The van der Waals surface area contributed by atoms with Gasteiger partial charge in [-0.1, -0.05) is 5.16 Å². The number of nitrogens with one attached hydrogen (secondary N) is 1. The third-order valence-electron chi connectivity index (χ3n) is 5.02. The number of ether oxygens (including phenoxy) is 1. The lowest BCUT2D eigenvalue weighted by molar-refractivity contribution is -0.123. The average Bonchev–Trinajstić information content (AvgIpc) is 2.97. The summed E-state index contributed by atoms with van der Waals surface area (Å²) in [6.45, 7) is 1.23. The van der Waals surface area contributed by atoms with Crippen LogP contribution in [0.25, 0.3) is 0 Å². The summed E-state index contributed by atoms with van der Waals surface area (Å²) in [6, 6.07) is 1.78. The molecule has 124 valence electrons. The molecular weight excluding hydrogens is 298 g/mol. The maximum Gasteiger partial charge on any atom is 0.276 e. The van der Waals surface area contributed by atoms with Crippen LogP contribution in [0.4, 0.5) is 0 Å². The smallest absolute Gasteiger partial charge is 0.276 e. The van der Waals surface area contributed by atoms with E-state index in [1.54, 1.807) is 18.0 Å². The summed E-state index contributed by atoms with van der Waals surface area (Å²) >= 11 is 0. The lowest BCUT2D eigenvalue weighted by Crippen LogP contribution is -2.32. The van der Waals surface area contributed by atoms with Crippen molar-refractivity contribution in [3.8, 4) is 0 Å². The normalized spacial score (nSPS) is 29.6. The Morgan fingerprint density at radius 2 is 2.22 bits per heavy atom. The molecule has 0 bridgehead atoms. The largest absolute Gasteiger partial charge is 0.372 e. The molecule has 3 atom stereocenters. The van der Waals surface area contributed by atoms with E-state index in [-0.39, 0.29) is 24.0 Å². The van der Waals surface area contributed by atoms with Crippen LogP contribution in [-0.2, 0) is 9.53 Å². The van der Waals surface area contributed by atoms with Gasteiger partial charge in [0.05, 0.1) is 18.6 Å². The first-order valence-electron chi connectivity index (χ1n) is 8.26. The first kappa shape index (κ1) is 14.7. The monoisotopic (exact) mass is 319 g/mol. The number of hydrogen-bond acceptors (Lipinski definition) is 5. The molecule has 4 rings (SSSR count). The van der Waals surface area contributed by atoms with Crippen molar-refractivity contribution in [2.75, 3.05) is 20.1 Å². The van der Waals surface area contributed by atoms with Gasteiger partial charge in [-0.25, -0.2) is 0 Å². The second-order valence-electron chi connectivity index (χ2n) is 6.77. The van der Waals surface area contributed by atoms with Crippen LogP contribution in [0.2, 0.25) is 0 Å². The molecule has 1 N–H and O–H groups in total. The summed E-state index contributed by atoms with van der Waals surface area (Å²) in [6.07, 6.45) is 3.47.